The van der Waals surface area contributed by atoms with Crippen LogP contribution in [0.1, 0.15) is 20.3 Å². The summed E-state index contributed by atoms with van der Waals surface area (Å²) in [5.74, 6) is 7.21. The molecule has 4 nitrogen and oxygen atoms in total. The Morgan fingerprint density at radius 1 is 1.47 bits per heavy atom. The fourth-order valence-corrected chi connectivity index (χ4v) is 3.84. The van der Waals surface area contributed by atoms with Crippen LogP contribution >= 0.6 is 21.6 Å². The lowest BCUT2D eigenvalue weighted by Crippen LogP contribution is -2.28. The minimum atomic E-state index is -0.135. The summed E-state index contributed by atoms with van der Waals surface area (Å²) in [5.41, 5.74) is 0.286. The molecule has 1 rings (SSSR count). The van der Waals surface area contributed by atoms with E-state index >= 15 is 0 Å². The normalized spacial score (nSPS) is 18.2. The summed E-state index contributed by atoms with van der Waals surface area (Å²) in [6.45, 7) is 5.47. The highest BCUT2D eigenvalue weighted by molar-refractivity contribution is 8.77. The van der Waals surface area contributed by atoms with Gasteiger partial charge in [0.05, 0.1) is 19.8 Å². The molecule has 0 saturated carbocycles. The molecule has 1 unspecified atom stereocenters. The Hall–Kier alpha value is -0.350. The van der Waals surface area contributed by atoms with E-state index in [1.807, 2.05) is 24.6 Å². The van der Waals surface area contributed by atoms with Gasteiger partial charge in [-0.15, -0.1) is 0 Å². The van der Waals surface area contributed by atoms with E-state index in [9.17, 15) is 4.79 Å². The van der Waals surface area contributed by atoms with Gasteiger partial charge in [-0.25, -0.2) is 0 Å². The molecule has 0 aromatic rings. The van der Waals surface area contributed by atoms with Crippen molar-refractivity contribution in [1.29, 1.82) is 0 Å². The summed E-state index contributed by atoms with van der Waals surface area (Å²) >= 11 is 0. The minimum Gasteiger partial charge on any atom is -0.369 e. The van der Waals surface area contributed by atoms with Gasteiger partial charge < -0.3 is 14.8 Å². The maximum absolute atomic E-state index is 11.4. The highest BCUT2D eigenvalue weighted by Gasteiger charge is 2.16. The van der Waals surface area contributed by atoms with Crippen LogP contribution in [0.15, 0.2) is 0 Å². The maximum atomic E-state index is 11.4. The lowest BCUT2D eigenvalue weighted by Gasteiger charge is -2.09. The number of hydrogen-bond acceptors (Lipinski definition) is 5. The maximum Gasteiger partial charge on any atom is 0.246 e. The predicted molar refractivity (Wildman–Crippen MR) is 80.8 cm³/mol. The van der Waals surface area contributed by atoms with Crippen LogP contribution in [0.3, 0.4) is 0 Å². The summed E-state index contributed by atoms with van der Waals surface area (Å²) in [6, 6.07) is 0. The Morgan fingerprint density at radius 2 is 2.32 bits per heavy atom. The molecule has 0 aromatic carbocycles. The Labute approximate surface area is 123 Å². The van der Waals surface area contributed by atoms with E-state index in [1.165, 1.54) is 0 Å². The van der Waals surface area contributed by atoms with Crippen molar-refractivity contribution >= 4 is 27.5 Å². The standard InChI is InChI=1S/C13H21NO3S2/c1-11(2)4-3-6-14-12(15)10-16-7-8-17-13-5-9-18-19-13/h11,13H,5-10H2,1-2H3,(H,14,15). The molecular formula is C13H21NO3S2. The first-order valence-electron chi connectivity index (χ1n) is 6.41. The number of amides is 1. The number of hydrogen-bond donors (Lipinski definition) is 1. The molecule has 19 heavy (non-hydrogen) atoms. The van der Waals surface area contributed by atoms with Crippen LogP contribution in [0.2, 0.25) is 0 Å². The van der Waals surface area contributed by atoms with Crippen LogP contribution in [0.5, 0.6) is 0 Å². The molecule has 1 aliphatic heterocycles. The summed E-state index contributed by atoms with van der Waals surface area (Å²) in [7, 11) is 3.60. The van der Waals surface area contributed by atoms with Gasteiger partial charge in [0.25, 0.3) is 0 Å². The molecule has 0 bridgehead atoms. The Bertz CT molecular complexity index is 320. The van der Waals surface area contributed by atoms with Crippen molar-refractivity contribution in [1.82, 2.24) is 5.32 Å². The van der Waals surface area contributed by atoms with Crippen molar-refractivity contribution < 1.29 is 14.3 Å². The Kier molecular flexibility index (Phi) is 9.18. The second-order valence-corrected chi connectivity index (χ2v) is 6.96. The summed E-state index contributed by atoms with van der Waals surface area (Å²) < 4.78 is 10.8. The van der Waals surface area contributed by atoms with Crippen LogP contribution in [0, 0.1) is 17.8 Å². The number of carbonyl (C=O) groups excluding carboxylic acids is 1. The monoisotopic (exact) mass is 303 g/mol. The molecule has 0 radical (unpaired) electrons. The second-order valence-electron chi connectivity index (χ2n) is 4.31. The van der Waals surface area contributed by atoms with Crippen molar-refractivity contribution in [3.05, 3.63) is 0 Å². The lowest BCUT2D eigenvalue weighted by atomic mass is 10.2. The van der Waals surface area contributed by atoms with Gasteiger partial charge in [0, 0.05) is 11.7 Å². The molecule has 1 amide bonds. The molecule has 1 saturated heterocycles. The molecule has 6 heteroatoms. The number of carbonyl (C=O) groups is 1. The topological polar surface area (TPSA) is 47.6 Å². The van der Waals surface area contributed by atoms with Gasteiger partial charge in [0.2, 0.25) is 5.91 Å². The second kappa shape index (κ2) is 10.4. The smallest absolute Gasteiger partial charge is 0.246 e. The molecule has 1 aliphatic rings. The zero-order valence-corrected chi connectivity index (χ0v) is 13.1. The first kappa shape index (κ1) is 16.7. The summed E-state index contributed by atoms with van der Waals surface area (Å²) in [4.78, 5) is 11.4. The number of nitrogens with one attached hydrogen (secondary N) is 1. The van der Waals surface area contributed by atoms with Crippen LogP contribution in [-0.4, -0.2) is 43.5 Å². The Balaban J connectivity index is 1.91. The quantitative estimate of drug-likeness (QED) is 0.442. The molecule has 0 aromatic heterocycles. The fourth-order valence-electron chi connectivity index (χ4n) is 1.28. The van der Waals surface area contributed by atoms with Gasteiger partial charge in [-0.1, -0.05) is 47.3 Å². The van der Waals surface area contributed by atoms with E-state index in [0.29, 0.717) is 25.7 Å². The van der Waals surface area contributed by atoms with Gasteiger partial charge in [-0.2, -0.15) is 0 Å². The van der Waals surface area contributed by atoms with E-state index in [0.717, 1.165) is 12.2 Å². The minimum absolute atomic E-state index is 0.0687. The SMILES string of the molecule is CC(C)C#CCNC(=O)COCCOC1CCSS1. The first-order chi connectivity index (χ1) is 9.18. The van der Waals surface area contributed by atoms with Crippen molar-refractivity contribution in [3.8, 4) is 11.8 Å². The van der Waals surface area contributed by atoms with E-state index in [4.69, 9.17) is 9.47 Å². The van der Waals surface area contributed by atoms with E-state index in [-0.39, 0.29) is 18.0 Å². The van der Waals surface area contributed by atoms with Gasteiger partial charge in [-0.3, -0.25) is 4.79 Å². The highest BCUT2D eigenvalue weighted by Crippen LogP contribution is 2.37. The van der Waals surface area contributed by atoms with Crippen LogP contribution in [0.25, 0.3) is 0 Å². The van der Waals surface area contributed by atoms with Crippen molar-refractivity contribution in [3.63, 3.8) is 0 Å². The van der Waals surface area contributed by atoms with Gasteiger partial charge in [0.1, 0.15) is 12.0 Å². The molecule has 108 valence electrons. The average molecular weight is 303 g/mol. The number of ether oxygens (including phenoxy) is 2. The van der Waals surface area contributed by atoms with Gasteiger partial charge in [-0.05, 0) is 6.42 Å². The highest BCUT2D eigenvalue weighted by atomic mass is 33.1. The predicted octanol–water partition coefficient (Wildman–Crippen LogP) is 1.91. The molecule has 0 aliphatic carbocycles. The van der Waals surface area contributed by atoms with E-state index < -0.39 is 0 Å². The molecule has 1 atom stereocenters. The van der Waals surface area contributed by atoms with E-state index in [1.54, 1.807) is 10.8 Å². The van der Waals surface area contributed by atoms with Crippen molar-refractivity contribution in [2.75, 3.05) is 32.1 Å². The van der Waals surface area contributed by atoms with Crippen LogP contribution in [-0.2, 0) is 14.3 Å². The zero-order valence-electron chi connectivity index (χ0n) is 11.4. The summed E-state index contributed by atoms with van der Waals surface area (Å²) in [5, 5.41) is 2.68. The third-order valence-electron chi connectivity index (χ3n) is 2.14. The molecule has 0 spiro atoms. The molecule has 1 heterocycles. The van der Waals surface area contributed by atoms with Crippen molar-refractivity contribution in [2.45, 2.75) is 25.7 Å². The van der Waals surface area contributed by atoms with Crippen LogP contribution in [0.4, 0.5) is 0 Å². The average Bonchev–Trinajstić information content (AvgIpc) is 2.87. The van der Waals surface area contributed by atoms with Gasteiger partial charge in [0.15, 0.2) is 0 Å². The number of rotatable bonds is 7. The molecule has 1 fully saturated rings. The van der Waals surface area contributed by atoms with Gasteiger partial charge >= 0.3 is 0 Å². The lowest BCUT2D eigenvalue weighted by molar-refractivity contribution is -0.126. The third kappa shape index (κ3) is 9.22. The Morgan fingerprint density at radius 3 is 3.00 bits per heavy atom. The van der Waals surface area contributed by atoms with E-state index in [2.05, 4.69) is 17.2 Å². The largest absolute Gasteiger partial charge is 0.369 e. The molecular weight excluding hydrogens is 282 g/mol. The third-order valence-corrected chi connectivity index (χ3v) is 4.82. The van der Waals surface area contributed by atoms with Crippen LogP contribution < -0.4 is 5.32 Å². The fraction of sp³-hybridized carbons (Fsp3) is 0.769. The summed E-state index contributed by atoms with van der Waals surface area (Å²) in [6.07, 6.45) is 1.09. The van der Waals surface area contributed by atoms with Crippen molar-refractivity contribution in [2.24, 2.45) is 5.92 Å². The zero-order chi connectivity index (χ0) is 13.9. The molecule has 1 N–H and O–H groups in total. The first-order valence-corrected chi connectivity index (χ1v) is 8.79.